The third kappa shape index (κ3) is 6.01. The molecule has 0 saturated heterocycles. The van der Waals surface area contributed by atoms with Crippen LogP contribution in [0.2, 0.25) is 0 Å². The van der Waals surface area contributed by atoms with Crippen LogP contribution in [0.4, 0.5) is 29.8 Å². The summed E-state index contributed by atoms with van der Waals surface area (Å²) in [5.41, 5.74) is -0.637. The first-order valence-electron chi connectivity index (χ1n) is 10.3. The van der Waals surface area contributed by atoms with Crippen molar-refractivity contribution >= 4 is 51.1 Å². The van der Waals surface area contributed by atoms with Crippen molar-refractivity contribution in [1.82, 2.24) is 25.3 Å². The van der Waals surface area contributed by atoms with E-state index in [1.807, 2.05) is 0 Å². The van der Waals surface area contributed by atoms with E-state index in [0.29, 0.717) is 16.0 Å². The Balaban J connectivity index is 1.40. The number of thiazole rings is 2. The van der Waals surface area contributed by atoms with E-state index in [0.717, 1.165) is 17.4 Å². The smallest absolute Gasteiger partial charge is 0.342 e. The van der Waals surface area contributed by atoms with E-state index < -0.39 is 29.6 Å². The van der Waals surface area contributed by atoms with Gasteiger partial charge in [-0.15, -0.1) is 22.7 Å². The highest BCUT2D eigenvalue weighted by atomic mass is 32.1. The molecule has 36 heavy (non-hydrogen) atoms. The maximum Gasteiger partial charge on any atom is 0.416 e. The highest BCUT2D eigenvalue weighted by molar-refractivity contribution is 7.14. The van der Waals surface area contributed by atoms with Crippen LogP contribution in [0.15, 0.2) is 48.4 Å². The van der Waals surface area contributed by atoms with Crippen molar-refractivity contribution in [3.63, 3.8) is 0 Å². The molecule has 0 unspecified atom stereocenters. The van der Waals surface area contributed by atoms with Gasteiger partial charge in [0.05, 0.1) is 17.8 Å². The van der Waals surface area contributed by atoms with Gasteiger partial charge < -0.3 is 16.0 Å². The SMILES string of the molecule is Cc1ccc(NC(=O)c2cnc([C@@H](C)NC(=O)c3cc(Nc4nccs4)ncn3)s2)cc1C(F)(F)F. The van der Waals surface area contributed by atoms with Gasteiger partial charge in [-0.05, 0) is 31.5 Å². The molecule has 1 aromatic carbocycles. The molecule has 4 aromatic rings. The Morgan fingerprint density at radius 3 is 2.58 bits per heavy atom. The fourth-order valence-electron chi connectivity index (χ4n) is 3.07. The molecule has 0 saturated carbocycles. The summed E-state index contributed by atoms with van der Waals surface area (Å²) in [4.78, 5) is 41.7. The normalized spacial score (nSPS) is 12.1. The molecule has 3 aromatic heterocycles. The van der Waals surface area contributed by atoms with Crippen LogP contribution < -0.4 is 16.0 Å². The molecule has 0 spiro atoms. The van der Waals surface area contributed by atoms with Gasteiger partial charge in [0.1, 0.15) is 27.7 Å². The minimum Gasteiger partial charge on any atom is -0.342 e. The molecule has 0 fully saturated rings. The van der Waals surface area contributed by atoms with Crippen molar-refractivity contribution in [3.8, 4) is 0 Å². The summed E-state index contributed by atoms with van der Waals surface area (Å²) < 4.78 is 39.4. The number of hydrogen-bond acceptors (Lipinski definition) is 9. The van der Waals surface area contributed by atoms with Crippen LogP contribution in [0.25, 0.3) is 0 Å². The first-order chi connectivity index (χ1) is 17.1. The molecule has 9 nitrogen and oxygen atoms in total. The summed E-state index contributed by atoms with van der Waals surface area (Å²) in [6, 6.07) is 4.48. The number of carbonyl (C=O) groups excluding carboxylic acids is 2. The van der Waals surface area contributed by atoms with Crippen LogP contribution in [0.3, 0.4) is 0 Å². The molecule has 0 aliphatic carbocycles. The average Bonchev–Trinajstić information content (AvgIpc) is 3.52. The molecule has 3 N–H and O–H groups in total. The first-order valence-corrected chi connectivity index (χ1v) is 12.0. The first kappa shape index (κ1) is 25.2. The summed E-state index contributed by atoms with van der Waals surface area (Å²) in [6.45, 7) is 3.03. The highest BCUT2D eigenvalue weighted by Crippen LogP contribution is 2.33. The number of aryl methyl sites for hydroxylation is 1. The number of benzene rings is 1. The number of nitrogens with zero attached hydrogens (tertiary/aromatic N) is 4. The predicted molar refractivity (Wildman–Crippen MR) is 130 cm³/mol. The Morgan fingerprint density at radius 1 is 1.06 bits per heavy atom. The lowest BCUT2D eigenvalue weighted by Gasteiger charge is -2.12. The maximum absolute atomic E-state index is 13.1. The second-order valence-electron chi connectivity index (χ2n) is 7.49. The molecule has 0 aliphatic rings. The van der Waals surface area contributed by atoms with Crippen LogP contribution in [0.5, 0.6) is 0 Å². The minimum atomic E-state index is -4.53. The molecule has 4 rings (SSSR count). The van der Waals surface area contributed by atoms with E-state index in [9.17, 15) is 22.8 Å². The Hall–Kier alpha value is -3.91. The Bertz CT molecular complexity index is 1390. The van der Waals surface area contributed by atoms with Gasteiger partial charge >= 0.3 is 6.18 Å². The monoisotopic (exact) mass is 533 g/mol. The average molecular weight is 534 g/mol. The summed E-state index contributed by atoms with van der Waals surface area (Å²) in [5.74, 6) is -0.689. The summed E-state index contributed by atoms with van der Waals surface area (Å²) >= 11 is 2.39. The van der Waals surface area contributed by atoms with Gasteiger partial charge in [0.15, 0.2) is 5.13 Å². The standard InChI is InChI=1S/C22H18F3N7O2S2/c1-11-3-4-13(7-14(11)22(23,24)25)31-19(34)16-9-27-20(36-16)12(2)30-18(33)15-8-17(29-10-28-15)32-21-26-5-6-35-21/h3-10,12H,1-2H3,(H,30,33)(H,31,34)(H,26,28,29,32)/t12-/m1/s1. The Labute approximate surface area is 210 Å². The van der Waals surface area contributed by atoms with Crippen molar-refractivity contribution in [3.05, 3.63) is 75.1 Å². The topological polar surface area (TPSA) is 122 Å². The Morgan fingerprint density at radius 2 is 1.86 bits per heavy atom. The van der Waals surface area contributed by atoms with E-state index >= 15 is 0 Å². The molecular formula is C22H18F3N7O2S2. The second kappa shape index (κ2) is 10.4. The quantitative estimate of drug-likeness (QED) is 0.298. The van der Waals surface area contributed by atoms with Gasteiger partial charge in [-0.3, -0.25) is 9.59 Å². The lowest BCUT2D eigenvalue weighted by atomic mass is 10.1. The van der Waals surface area contributed by atoms with Crippen LogP contribution in [-0.2, 0) is 6.18 Å². The number of hydrogen-bond donors (Lipinski definition) is 3. The predicted octanol–water partition coefficient (Wildman–Crippen LogP) is 5.20. The van der Waals surface area contributed by atoms with Crippen molar-refractivity contribution in [2.75, 3.05) is 10.6 Å². The van der Waals surface area contributed by atoms with E-state index in [2.05, 4.69) is 35.9 Å². The fourth-order valence-corrected chi connectivity index (χ4v) is 4.42. The molecule has 0 bridgehead atoms. The second-order valence-corrected chi connectivity index (χ2v) is 9.45. The fraction of sp³-hybridized carbons (Fsp3) is 0.182. The zero-order valence-electron chi connectivity index (χ0n) is 18.8. The molecule has 0 radical (unpaired) electrons. The van der Waals surface area contributed by atoms with Gasteiger partial charge in [0, 0.05) is 23.3 Å². The number of carbonyl (C=O) groups is 2. The summed E-state index contributed by atoms with van der Waals surface area (Å²) in [6.07, 6.45) is -0.349. The largest absolute Gasteiger partial charge is 0.416 e. The number of anilines is 3. The van der Waals surface area contributed by atoms with E-state index in [1.54, 1.807) is 18.5 Å². The van der Waals surface area contributed by atoms with E-state index in [1.165, 1.54) is 49.0 Å². The molecule has 2 amide bonds. The molecule has 1 atom stereocenters. The number of alkyl halides is 3. The van der Waals surface area contributed by atoms with Crippen molar-refractivity contribution in [2.45, 2.75) is 26.1 Å². The van der Waals surface area contributed by atoms with Gasteiger partial charge in [-0.2, -0.15) is 13.2 Å². The van der Waals surface area contributed by atoms with Crippen molar-refractivity contribution in [2.24, 2.45) is 0 Å². The lowest BCUT2D eigenvalue weighted by molar-refractivity contribution is -0.138. The number of rotatable bonds is 7. The van der Waals surface area contributed by atoms with Gasteiger partial charge in [0.2, 0.25) is 0 Å². The molecule has 0 aliphatic heterocycles. The van der Waals surface area contributed by atoms with Crippen LogP contribution in [0.1, 0.15) is 49.3 Å². The molecule has 186 valence electrons. The Kier molecular flexibility index (Phi) is 7.26. The maximum atomic E-state index is 13.1. The number of nitrogens with one attached hydrogen (secondary N) is 3. The number of halogens is 3. The van der Waals surface area contributed by atoms with Gasteiger partial charge in [0.25, 0.3) is 11.8 Å². The van der Waals surface area contributed by atoms with Gasteiger partial charge in [-0.25, -0.2) is 19.9 Å². The lowest BCUT2D eigenvalue weighted by Crippen LogP contribution is -2.27. The van der Waals surface area contributed by atoms with Gasteiger partial charge in [-0.1, -0.05) is 6.07 Å². The van der Waals surface area contributed by atoms with E-state index in [-0.39, 0.29) is 21.8 Å². The molecule has 3 heterocycles. The zero-order valence-corrected chi connectivity index (χ0v) is 20.4. The summed E-state index contributed by atoms with van der Waals surface area (Å²) in [7, 11) is 0. The molecular weight excluding hydrogens is 515 g/mol. The third-order valence-corrected chi connectivity index (χ3v) is 6.70. The van der Waals surface area contributed by atoms with Crippen molar-refractivity contribution in [1.29, 1.82) is 0 Å². The van der Waals surface area contributed by atoms with Crippen LogP contribution in [0, 0.1) is 6.92 Å². The van der Waals surface area contributed by atoms with Crippen molar-refractivity contribution < 1.29 is 22.8 Å². The number of amides is 2. The highest BCUT2D eigenvalue weighted by Gasteiger charge is 2.32. The third-order valence-electron chi connectivity index (χ3n) is 4.83. The van der Waals surface area contributed by atoms with E-state index in [4.69, 9.17) is 0 Å². The van der Waals surface area contributed by atoms with Crippen LogP contribution in [-0.4, -0.2) is 31.8 Å². The number of aromatic nitrogens is 4. The van der Waals surface area contributed by atoms with Crippen LogP contribution >= 0.6 is 22.7 Å². The zero-order chi connectivity index (χ0) is 25.9. The minimum absolute atomic E-state index is 0.0140. The summed E-state index contributed by atoms with van der Waals surface area (Å²) in [5, 5.41) is 11.0. The molecule has 14 heteroatoms.